The summed E-state index contributed by atoms with van der Waals surface area (Å²) in [4.78, 5) is 27.2. The zero-order valence-corrected chi connectivity index (χ0v) is 17.0. The first-order valence-electron chi connectivity index (χ1n) is 10.3. The maximum absolute atomic E-state index is 12.8. The summed E-state index contributed by atoms with van der Waals surface area (Å²) in [6, 6.07) is 21.2. The normalized spacial score (nSPS) is 15.6. The van der Waals surface area contributed by atoms with E-state index in [0.717, 1.165) is 11.1 Å². The molecular weight excluding hydrogens is 378 g/mol. The second kappa shape index (κ2) is 8.95. The number of hydrogen-bond donors (Lipinski definition) is 1. The van der Waals surface area contributed by atoms with Gasteiger partial charge in [-0.25, -0.2) is 0 Å². The van der Waals surface area contributed by atoms with Gasteiger partial charge in [-0.3, -0.25) is 9.59 Å². The topological polar surface area (TPSA) is 75.4 Å². The summed E-state index contributed by atoms with van der Waals surface area (Å²) in [5.41, 5.74) is 2.63. The monoisotopic (exact) mass is 403 g/mol. The lowest BCUT2D eigenvalue weighted by Crippen LogP contribution is -2.43. The molecule has 4 rings (SSSR count). The Morgan fingerprint density at radius 3 is 2.33 bits per heavy atom. The Labute approximate surface area is 175 Å². The van der Waals surface area contributed by atoms with Crippen molar-refractivity contribution in [2.45, 2.75) is 25.8 Å². The van der Waals surface area contributed by atoms with Crippen LogP contribution in [0.4, 0.5) is 0 Å². The van der Waals surface area contributed by atoms with Crippen molar-refractivity contribution in [1.29, 1.82) is 0 Å². The summed E-state index contributed by atoms with van der Waals surface area (Å²) < 4.78 is 5.29. The van der Waals surface area contributed by atoms with E-state index in [1.165, 1.54) is 0 Å². The summed E-state index contributed by atoms with van der Waals surface area (Å²) >= 11 is 0. The quantitative estimate of drug-likeness (QED) is 0.697. The number of likely N-dealkylation sites (tertiary alicyclic amines) is 1. The molecule has 30 heavy (non-hydrogen) atoms. The molecule has 0 radical (unpaired) electrons. The molecule has 0 spiro atoms. The van der Waals surface area contributed by atoms with Gasteiger partial charge < -0.3 is 14.7 Å². The Hall–Kier alpha value is -3.41. The highest BCUT2D eigenvalue weighted by Crippen LogP contribution is 2.23. The maximum Gasteiger partial charge on any atom is 0.292 e. The van der Waals surface area contributed by atoms with E-state index in [0.29, 0.717) is 31.6 Å². The van der Waals surface area contributed by atoms with Gasteiger partial charge in [0.05, 0.1) is 6.04 Å². The van der Waals surface area contributed by atoms with Gasteiger partial charge in [-0.2, -0.15) is 0 Å². The number of nitrogens with one attached hydrogen (secondary N) is 1. The van der Waals surface area contributed by atoms with Crippen LogP contribution >= 0.6 is 0 Å². The standard InChI is InChI=1S/C24H25N3O3/c1-17(18-8-4-2-5-9-18)25-23(28)20-12-14-27(15-13-20)24(29)22-16-21(26-30-22)19-10-6-3-7-11-19/h2-11,16-17,20H,12-15H2,1H3,(H,25,28)/t17-/m0/s1. The predicted octanol–water partition coefficient (Wildman–Crippen LogP) is 4.07. The molecule has 6 nitrogen and oxygen atoms in total. The van der Waals surface area contributed by atoms with Gasteiger partial charge in [-0.15, -0.1) is 0 Å². The van der Waals surface area contributed by atoms with Crippen LogP contribution in [0.3, 0.4) is 0 Å². The van der Waals surface area contributed by atoms with E-state index in [4.69, 9.17) is 4.52 Å². The van der Waals surface area contributed by atoms with Crippen molar-refractivity contribution in [3.63, 3.8) is 0 Å². The minimum Gasteiger partial charge on any atom is -0.350 e. The van der Waals surface area contributed by atoms with Crippen molar-refractivity contribution in [1.82, 2.24) is 15.4 Å². The highest BCUT2D eigenvalue weighted by atomic mass is 16.5. The largest absolute Gasteiger partial charge is 0.350 e. The molecule has 1 aliphatic rings. The van der Waals surface area contributed by atoms with Gasteiger partial charge in [0.2, 0.25) is 11.7 Å². The Balaban J connectivity index is 1.31. The molecule has 2 aromatic carbocycles. The number of aromatic nitrogens is 1. The van der Waals surface area contributed by atoms with Crippen LogP contribution in [0.5, 0.6) is 0 Å². The molecule has 6 heteroatoms. The first kappa shape index (κ1) is 19.9. The van der Waals surface area contributed by atoms with Crippen molar-refractivity contribution >= 4 is 11.8 Å². The van der Waals surface area contributed by atoms with Gasteiger partial charge in [0.25, 0.3) is 5.91 Å². The van der Waals surface area contributed by atoms with Crippen LogP contribution in [0, 0.1) is 5.92 Å². The molecule has 2 heterocycles. The van der Waals surface area contributed by atoms with Crippen LogP contribution in [-0.2, 0) is 4.79 Å². The third-order valence-electron chi connectivity index (χ3n) is 5.60. The van der Waals surface area contributed by atoms with Crippen LogP contribution in [0.2, 0.25) is 0 Å². The van der Waals surface area contributed by atoms with Crippen LogP contribution in [-0.4, -0.2) is 35.0 Å². The second-order valence-electron chi connectivity index (χ2n) is 7.65. The van der Waals surface area contributed by atoms with Crippen molar-refractivity contribution < 1.29 is 14.1 Å². The highest BCUT2D eigenvalue weighted by Gasteiger charge is 2.30. The molecule has 2 amide bonds. The van der Waals surface area contributed by atoms with Gasteiger partial charge in [0, 0.05) is 30.6 Å². The molecule has 1 aliphatic heterocycles. The molecule has 0 unspecified atom stereocenters. The van der Waals surface area contributed by atoms with Gasteiger partial charge in [-0.05, 0) is 25.3 Å². The molecule has 1 aromatic heterocycles. The summed E-state index contributed by atoms with van der Waals surface area (Å²) in [7, 11) is 0. The fourth-order valence-corrected chi connectivity index (χ4v) is 3.78. The van der Waals surface area contributed by atoms with E-state index in [1.54, 1.807) is 11.0 Å². The molecule has 0 bridgehead atoms. The summed E-state index contributed by atoms with van der Waals surface area (Å²) in [5.74, 6) is 0.00921. The van der Waals surface area contributed by atoms with Crippen LogP contribution < -0.4 is 5.32 Å². The number of amides is 2. The second-order valence-corrected chi connectivity index (χ2v) is 7.65. The van der Waals surface area contributed by atoms with E-state index in [1.807, 2.05) is 67.6 Å². The lowest BCUT2D eigenvalue weighted by atomic mass is 9.95. The first-order valence-corrected chi connectivity index (χ1v) is 10.3. The molecule has 1 atom stereocenters. The summed E-state index contributed by atoms with van der Waals surface area (Å²) in [6.45, 7) is 3.04. The van der Waals surface area contributed by atoms with Gasteiger partial charge in [0.1, 0.15) is 5.69 Å². The molecule has 1 N–H and O–H groups in total. The Morgan fingerprint density at radius 2 is 1.67 bits per heavy atom. The molecule has 0 aliphatic carbocycles. The van der Waals surface area contributed by atoms with Crippen molar-refractivity contribution in [3.05, 3.63) is 78.1 Å². The van der Waals surface area contributed by atoms with Gasteiger partial charge >= 0.3 is 0 Å². The fourth-order valence-electron chi connectivity index (χ4n) is 3.78. The van der Waals surface area contributed by atoms with E-state index in [2.05, 4.69) is 10.5 Å². The number of carbonyl (C=O) groups is 2. The fraction of sp³-hybridized carbons (Fsp3) is 0.292. The summed E-state index contributed by atoms with van der Waals surface area (Å²) in [5, 5.41) is 7.11. The van der Waals surface area contributed by atoms with E-state index >= 15 is 0 Å². The molecule has 3 aromatic rings. The number of benzene rings is 2. The summed E-state index contributed by atoms with van der Waals surface area (Å²) in [6.07, 6.45) is 1.28. The third-order valence-corrected chi connectivity index (χ3v) is 5.60. The molecule has 1 fully saturated rings. The maximum atomic E-state index is 12.8. The Bertz CT molecular complexity index is 993. The molecular formula is C24H25N3O3. The van der Waals surface area contributed by atoms with Crippen molar-refractivity contribution in [3.8, 4) is 11.3 Å². The van der Waals surface area contributed by atoms with Crippen LogP contribution in [0.25, 0.3) is 11.3 Å². The lowest BCUT2D eigenvalue weighted by molar-refractivity contribution is -0.127. The molecule has 1 saturated heterocycles. The van der Waals surface area contributed by atoms with Crippen molar-refractivity contribution in [2.75, 3.05) is 13.1 Å². The van der Waals surface area contributed by atoms with Crippen LogP contribution in [0.15, 0.2) is 71.3 Å². The lowest BCUT2D eigenvalue weighted by Gasteiger charge is -2.31. The van der Waals surface area contributed by atoms with E-state index in [9.17, 15) is 9.59 Å². The number of carbonyl (C=O) groups excluding carboxylic acids is 2. The molecule has 154 valence electrons. The smallest absolute Gasteiger partial charge is 0.292 e. The van der Waals surface area contributed by atoms with Crippen LogP contribution in [0.1, 0.15) is 41.9 Å². The predicted molar refractivity (Wildman–Crippen MR) is 114 cm³/mol. The zero-order valence-electron chi connectivity index (χ0n) is 17.0. The number of hydrogen-bond acceptors (Lipinski definition) is 4. The first-order chi connectivity index (χ1) is 14.6. The Morgan fingerprint density at radius 1 is 1.03 bits per heavy atom. The van der Waals surface area contributed by atoms with Gasteiger partial charge in [0.15, 0.2) is 0 Å². The number of nitrogens with zero attached hydrogens (tertiary/aromatic N) is 2. The number of piperidine rings is 1. The highest BCUT2D eigenvalue weighted by molar-refractivity contribution is 5.92. The minimum absolute atomic E-state index is 0.0380. The van der Waals surface area contributed by atoms with E-state index < -0.39 is 0 Å². The third kappa shape index (κ3) is 4.43. The molecule has 0 saturated carbocycles. The SMILES string of the molecule is C[C@H](NC(=O)C1CCN(C(=O)c2cc(-c3ccccc3)no2)CC1)c1ccccc1. The van der Waals surface area contributed by atoms with Crippen molar-refractivity contribution in [2.24, 2.45) is 5.92 Å². The minimum atomic E-state index is -0.179. The van der Waals surface area contributed by atoms with Gasteiger partial charge in [-0.1, -0.05) is 65.8 Å². The van der Waals surface area contributed by atoms with E-state index in [-0.39, 0.29) is 29.5 Å². The number of rotatable bonds is 5. The zero-order chi connectivity index (χ0) is 20.9. The average Bonchev–Trinajstić information content (AvgIpc) is 3.30. The Kier molecular flexibility index (Phi) is 5.93. The average molecular weight is 403 g/mol.